The summed E-state index contributed by atoms with van der Waals surface area (Å²) in [7, 11) is 0. The number of hydrogen-bond donors (Lipinski definition) is 1. The van der Waals surface area contributed by atoms with Gasteiger partial charge in [0.2, 0.25) is 6.79 Å². The summed E-state index contributed by atoms with van der Waals surface area (Å²) >= 11 is 0. The summed E-state index contributed by atoms with van der Waals surface area (Å²) in [6.45, 7) is 3.49. The summed E-state index contributed by atoms with van der Waals surface area (Å²) in [5.41, 5.74) is 1.36. The topological polar surface area (TPSA) is 110 Å². The molecule has 4 rings (SSSR count). The first-order chi connectivity index (χ1) is 15.5. The molecule has 1 N–H and O–H groups in total. The summed E-state index contributed by atoms with van der Waals surface area (Å²) < 4.78 is 15.5. The van der Waals surface area contributed by atoms with Gasteiger partial charge in [-0.15, -0.1) is 0 Å². The SMILES string of the molecule is CC(=O)OCC(=O)N1CCN(c2ncccc2C(=O)NCc2ccc3c(c2)OCO3)CC1. The van der Waals surface area contributed by atoms with Gasteiger partial charge in [0, 0.05) is 45.8 Å². The minimum absolute atomic E-state index is 0.201. The fourth-order valence-corrected chi connectivity index (χ4v) is 3.58. The highest BCUT2D eigenvalue weighted by Gasteiger charge is 2.25. The Morgan fingerprint density at radius 2 is 1.88 bits per heavy atom. The van der Waals surface area contributed by atoms with E-state index in [1.807, 2.05) is 23.1 Å². The Hall–Kier alpha value is -3.82. The number of anilines is 1. The van der Waals surface area contributed by atoms with E-state index in [0.717, 1.165) is 5.56 Å². The van der Waals surface area contributed by atoms with Crippen LogP contribution >= 0.6 is 0 Å². The Morgan fingerprint density at radius 3 is 2.66 bits per heavy atom. The third-order valence-corrected chi connectivity index (χ3v) is 5.25. The van der Waals surface area contributed by atoms with Crippen LogP contribution in [0.15, 0.2) is 36.5 Å². The van der Waals surface area contributed by atoms with E-state index in [4.69, 9.17) is 14.2 Å². The van der Waals surface area contributed by atoms with Gasteiger partial charge < -0.3 is 29.3 Å². The molecule has 0 saturated carbocycles. The lowest BCUT2D eigenvalue weighted by Crippen LogP contribution is -2.50. The number of esters is 1. The first kappa shape index (κ1) is 21.4. The van der Waals surface area contributed by atoms with Crippen molar-refractivity contribution in [1.82, 2.24) is 15.2 Å². The summed E-state index contributed by atoms with van der Waals surface area (Å²) in [6, 6.07) is 9.00. The van der Waals surface area contributed by atoms with E-state index in [1.54, 1.807) is 23.2 Å². The number of aromatic nitrogens is 1. The number of pyridine rings is 1. The van der Waals surface area contributed by atoms with Gasteiger partial charge in [-0.25, -0.2) is 4.98 Å². The molecule has 0 radical (unpaired) electrons. The Labute approximate surface area is 185 Å². The predicted octanol–water partition coefficient (Wildman–Crippen LogP) is 0.952. The molecule has 0 spiro atoms. The minimum atomic E-state index is -0.484. The van der Waals surface area contributed by atoms with E-state index in [0.29, 0.717) is 55.6 Å². The van der Waals surface area contributed by atoms with Gasteiger partial charge in [-0.3, -0.25) is 14.4 Å². The van der Waals surface area contributed by atoms with Crippen molar-refractivity contribution in [1.29, 1.82) is 0 Å². The summed E-state index contributed by atoms with van der Waals surface area (Å²) in [4.78, 5) is 44.0. The zero-order chi connectivity index (χ0) is 22.5. The maximum atomic E-state index is 12.9. The zero-order valence-electron chi connectivity index (χ0n) is 17.7. The van der Waals surface area contributed by atoms with Gasteiger partial charge in [0.1, 0.15) is 5.82 Å². The number of hydrogen-bond acceptors (Lipinski definition) is 8. The van der Waals surface area contributed by atoms with Crippen molar-refractivity contribution in [2.45, 2.75) is 13.5 Å². The van der Waals surface area contributed by atoms with E-state index in [-0.39, 0.29) is 25.2 Å². The Morgan fingerprint density at radius 1 is 1.09 bits per heavy atom. The molecular weight excluding hydrogens is 416 g/mol. The number of fused-ring (bicyclic) bond motifs is 1. The number of benzene rings is 1. The van der Waals surface area contributed by atoms with Crippen LogP contribution in [-0.4, -0.2) is 67.2 Å². The second kappa shape index (κ2) is 9.54. The standard InChI is InChI=1S/C22H24N4O6/c1-15(27)30-13-20(28)25-7-9-26(10-8-25)21-17(3-2-6-23-21)22(29)24-12-16-4-5-18-19(11-16)32-14-31-18/h2-6,11H,7-10,12-14H2,1H3,(H,24,29). The van der Waals surface area contributed by atoms with Crippen LogP contribution in [0, 0.1) is 0 Å². The molecular formula is C22H24N4O6. The summed E-state index contributed by atoms with van der Waals surface area (Å²) in [5.74, 6) is 0.978. The lowest BCUT2D eigenvalue weighted by molar-refractivity contribution is -0.150. The third kappa shape index (κ3) is 4.90. The third-order valence-electron chi connectivity index (χ3n) is 5.25. The molecule has 3 heterocycles. The molecule has 10 nitrogen and oxygen atoms in total. The van der Waals surface area contributed by atoms with Crippen molar-refractivity contribution in [2.24, 2.45) is 0 Å². The predicted molar refractivity (Wildman–Crippen MR) is 113 cm³/mol. The van der Waals surface area contributed by atoms with Crippen molar-refractivity contribution in [2.75, 3.05) is 44.5 Å². The highest BCUT2D eigenvalue weighted by Crippen LogP contribution is 2.32. The second-order valence-electron chi connectivity index (χ2n) is 7.39. The molecule has 2 aromatic rings. The van der Waals surface area contributed by atoms with Crippen LogP contribution in [0.1, 0.15) is 22.8 Å². The van der Waals surface area contributed by atoms with E-state index in [9.17, 15) is 14.4 Å². The molecule has 1 aromatic carbocycles. The molecule has 2 amide bonds. The van der Waals surface area contributed by atoms with Crippen LogP contribution in [-0.2, 0) is 20.9 Å². The molecule has 0 bridgehead atoms. The summed E-state index contributed by atoms with van der Waals surface area (Å²) in [5, 5.41) is 2.93. The first-order valence-electron chi connectivity index (χ1n) is 10.3. The van der Waals surface area contributed by atoms with Crippen molar-refractivity contribution < 1.29 is 28.6 Å². The number of nitrogens with one attached hydrogen (secondary N) is 1. The maximum Gasteiger partial charge on any atom is 0.303 e. The van der Waals surface area contributed by atoms with Crippen molar-refractivity contribution in [3.8, 4) is 11.5 Å². The van der Waals surface area contributed by atoms with Crippen molar-refractivity contribution in [3.05, 3.63) is 47.7 Å². The molecule has 168 valence electrons. The van der Waals surface area contributed by atoms with Crippen LogP contribution in [0.4, 0.5) is 5.82 Å². The van der Waals surface area contributed by atoms with Crippen LogP contribution in [0.3, 0.4) is 0 Å². The lowest BCUT2D eigenvalue weighted by Gasteiger charge is -2.35. The highest BCUT2D eigenvalue weighted by atomic mass is 16.7. The van der Waals surface area contributed by atoms with Crippen LogP contribution in [0.25, 0.3) is 0 Å². The maximum absolute atomic E-state index is 12.9. The van der Waals surface area contributed by atoms with Crippen molar-refractivity contribution in [3.63, 3.8) is 0 Å². The van der Waals surface area contributed by atoms with E-state index >= 15 is 0 Å². The molecule has 0 atom stereocenters. The molecule has 32 heavy (non-hydrogen) atoms. The molecule has 1 fully saturated rings. The van der Waals surface area contributed by atoms with Crippen LogP contribution < -0.4 is 19.7 Å². The lowest BCUT2D eigenvalue weighted by atomic mass is 10.1. The summed E-state index contributed by atoms with van der Waals surface area (Å²) in [6.07, 6.45) is 1.64. The normalized spacial score (nSPS) is 14.8. The van der Waals surface area contributed by atoms with Crippen LogP contribution in [0.2, 0.25) is 0 Å². The molecule has 0 aliphatic carbocycles. The van der Waals surface area contributed by atoms with E-state index in [2.05, 4.69) is 10.3 Å². The average Bonchev–Trinajstić information content (AvgIpc) is 3.29. The fraction of sp³-hybridized carbons (Fsp3) is 0.364. The molecule has 1 saturated heterocycles. The number of carbonyl (C=O) groups excluding carboxylic acids is 3. The minimum Gasteiger partial charge on any atom is -0.456 e. The smallest absolute Gasteiger partial charge is 0.303 e. The number of nitrogens with zero attached hydrogens (tertiary/aromatic N) is 3. The van der Waals surface area contributed by atoms with Gasteiger partial charge in [0.15, 0.2) is 18.1 Å². The molecule has 2 aliphatic heterocycles. The van der Waals surface area contributed by atoms with Gasteiger partial charge in [0.05, 0.1) is 5.56 Å². The average molecular weight is 440 g/mol. The Bertz CT molecular complexity index is 1020. The van der Waals surface area contributed by atoms with Crippen LogP contribution in [0.5, 0.6) is 11.5 Å². The number of carbonyl (C=O) groups is 3. The highest BCUT2D eigenvalue weighted by molar-refractivity contribution is 5.98. The van der Waals surface area contributed by atoms with Gasteiger partial charge >= 0.3 is 5.97 Å². The molecule has 1 aromatic heterocycles. The van der Waals surface area contributed by atoms with Gasteiger partial charge in [-0.05, 0) is 29.8 Å². The van der Waals surface area contributed by atoms with E-state index in [1.165, 1.54) is 6.92 Å². The number of rotatable bonds is 6. The molecule has 10 heteroatoms. The van der Waals surface area contributed by atoms with Crippen molar-refractivity contribution >= 4 is 23.6 Å². The fourth-order valence-electron chi connectivity index (χ4n) is 3.58. The number of piperazine rings is 1. The molecule has 0 unspecified atom stereocenters. The second-order valence-corrected chi connectivity index (χ2v) is 7.39. The monoisotopic (exact) mass is 440 g/mol. The van der Waals surface area contributed by atoms with E-state index < -0.39 is 5.97 Å². The Balaban J connectivity index is 1.36. The molecule has 2 aliphatic rings. The quantitative estimate of drug-likeness (QED) is 0.662. The van der Waals surface area contributed by atoms with Gasteiger partial charge in [-0.1, -0.05) is 6.07 Å². The number of ether oxygens (including phenoxy) is 3. The largest absolute Gasteiger partial charge is 0.456 e. The first-order valence-corrected chi connectivity index (χ1v) is 10.3. The van der Waals surface area contributed by atoms with Gasteiger partial charge in [-0.2, -0.15) is 0 Å². The number of amides is 2. The zero-order valence-corrected chi connectivity index (χ0v) is 17.7. The van der Waals surface area contributed by atoms with Gasteiger partial charge in [0.25, 0.3) is 11.8 Å². The Kier molecular flexibility index (Phi) is 6.39.